The molecule has 2 N–H and O–H groups in total. The number of H-pyrrole nitrogens is 1. The van der Waals surface area contributed by atoms with Gasteiger partial charge in [-0.2, -0.15) is 0 Å². The molecule has 1 aliphatic rings. The third-order valence-corrected chi connectivity index (χ3v) is 6.19. The lowest BCUT2D eigenvalue weighted by Crippen LogP contribution is -2.32. The summed E-state index contributed by atoms with van der Waals surface area (Å²) in [4.78, 5) is 45.7. The second-order valence-electron chi connectivity index (χ2n) is 8.37. The molecule has 0 saturated carbocycles. The first-order valence-corrected chi connectivity index (χ1v) is 11.6. The molecule has 4 rings (SSSR count). The lowest BCUT2D eigenvalue weighted by atomic mass is 10.1. The van der Waals surface area contributed by atoms with Gasteiger partial charge in [-0.05, 0) is 43.0 Å². The van der Waals surface area contributed by atoms with E-state index in [-0.39, 0.29) is 18.0 Å². The van der Waals surface area contributed by atoms with Crippen LogP contribution in [-0.2, 0) is 17.8 Å². The molecule has 3 aromatic rings. The first-order chi connectivity index (χ1) is 16.9. The maximum Gasteiger partial charge on any atom is 0.331 e. The Kier molecular flexibility index (Phi) is 7.10. The highest BCUT2D eigenvalue weighted by Gasteiger charge is 2.19. The molecule has 0 fully saturated rings. The molecule has 0 radical (unpaired) electrons. The smallest absolute Gasteiger partial charge is 0.331 e. The number of allylic oxidation sites excluding steroid dienone is 1. The third kappa shape index (κ3) is 5.16. The Morgan fingerprint density at radius 1 is 1.09 bits per heavy atom. The molecule has 0 bridgehead atoms. The van der Waals surface area contributed by atoms with E-state index in [2.05, 4.69) is 9.98 Å². The van der Waals surface area contributed by atoms with Crippen LogP contribution in [0.3, 0.4) is 0 Å². The molecule has 0 saturated heterocycles. The molecular weight excluding hydrogens is 444 g/mol. The average Bonchev–Trinajstić information content (AvgIpc) is 3.19. The summed E-state index contributed by atoms with van der Waals surface area (Å²) in [5, 5.41) is 12.6. The number of nitrogens with one attached hydrogen (secondary N) is 1. The Hall–Kier alpha value is -4.20. The maximum absolute atomic E-state index is 12.7. The summed E-state index contributed by atoms with van der Waals surface area (Å²) in [6.07, 6.45) is 2.57. The number of rotatable bonds is 8. The Morgan fingerprint density at radius 2 is 1.80 bits per heavy atom. The Balaban J connectivity index is 1.73. The molecule has 0 unspecified atom stereocenters. The molecule has 1 aliphatic heterocycles. The van der Waals surface area contributed by atoms with Crippen LogP contribution in [0.5, 0.6) is 5.88 Å². The second kappa shape index (κ2) is 10.4. The van der Waals surface area contributed by atoms with Gasteiger partial charge in [-0.15, -0.1) is 0 Å². The highest BCUT2D eigenvalue weighted by molar-refractivity contribution is 5.77. The van der Waals surface area contributed by atoms with E-state index in [0.717, 1.165) is 26.3 Å². The van der Waals surface area contributed by atoms with Crippen LogP contribution in [0.2, 0.25) is 0 Å². The van der Waals surface area contributed by atoms with Gasteiger partial charge in [-0.25, -0.2) is 9.79 Å². The number of amides is 1. The highest BCUT2D eigenvalue weighted by Crippen LogP contribution is 2.23. The molecule has 180 valence electrons. The minimum Gasteiger partial charge on any atom is -0.494 e. The summed E-state index contributed by atoms with van der Waals surface area (Å²) < 4.78 is 1.16. The summed E-state index contributed by atoms with van der Waals surface area (Å²) in [5.41, 5.74) is 1.04. The molecule has 2 heterocycles. The van der Waals surface area contributed by atoms with Gasteiger partial charge in [0.2, 0.25) is 11.8 Å². The van der Waals surface area contributed by atoms with Crippen LogP contribution in [0, 0.1) is 0 Å². The van der Waals surface area contributed by atoms with Crippen molar-refractivity contribution in [2.75, 3.05) is 13.1 Å². The number of aromatic nitrogens is 2. The summed E-state index contributed by atoms with van der Waals surface area (Å²) in [6, 6.07) is 17.2. The van der Waals surface area contributed by atoms with Crippen LogP contribution >= 0.6 is 0 Å². The van der Waals surface area contributed by atoms with Gasteiger partial charge in [-0.1, -0.05) is 48.5 Å². The van der Waals surface area contributed by atoms with Gasteiger partial charge >= 0.3 is 5.69 Å². The van der Waals surface area contributed by atoms with E-state index < -0.39 is 17.1 Å². The van der Waals surface area contributed by atoms with Gasteiger partial charge in [0, 0.05) is 31.8 Å². The van der Waals surface area contributed by atoms with E-state index >= 15 is 0 Å². The molecular formula is C27H28N4O4. The zero-order valence-electron chi connectivity index (χ0n) is 19.8. The zero-order valence-corrected chi connectivity index (χ0v) is 19.8. The second-order valence-corrected chi connectivity index (χ2v) is 8.37. The van der Waals surface area contributed by atoms with E-state index in [9.17, 15) is 19.5 Å². The number of para-hydroxylation sites is 1. The van der Waals surface area contributed by atoms with E-state index in [1.165, 1.54) is 13.0 Å². The van der Waals surface area contributed by atoms with Gasteiger partial charge in [0.1, 0.15) is 5.56 Å². The lowest BCUT2D eigenvalue weighted by molar-refractivity contribution is -0.128. The van der Waals surface area contributed by atoms with Crippen LogP contribution in [0.4, 0.5) is 0 Å². The number of hydrogen-bond acceptors (Lipinski definition) is 5. The molecule has 1 amide bonds. The van der Waals surface area contributed by atoms with Crippen molar-refractivity contribution in [1.29, 1.82) is 0 Å². The highest BCUT2D eigenvalue weighted by atomic mass is 16.3. The number of hydrogen-bond donors (Lipinski definition) is 2. The monoisotopic (exact) mass is 472 g/mol. The van der Waals surface area contributed by atoms with E-state index in [4.69, 9.17) is 0 Å². The van der Waals surface area contributed by atoms with Crippen molar-refractivity contribution in [3.63, 3.8) is 0 Å². The first-order valence-electron chi connectivity index (χ1n) is 11.6. The van der Waals surface area contributed by atoms with Crippen molar-refractivity contribution in [3.8, 4) is 5.88 Å². The van der Waals surface area contributed by atoms with Crippen molar-refractivity contribution >= 4 is 17.6 Å². The summed E-state index contributed by atoms with van der Waals surface area (Å²) >= 11 is 0. The number of carbonyl (C=O) groups is 1. The summed E-state index contributed by atoms with van der Waals surface area (Å²) in [5.74, 6) is -0.409. The lowest BCUT2D eigenvalue weighted by Gasteiger charge is -2.19. The average molecular weight is 473 g/mol. The standard InChI is InChI=1S/C27H28N4O4/c1-3-30(18(2)32)15-14-21-20-11-7-8-12-23(20)28-24(21)17-22-25(33)29-27(35)31(26(22)34)16-13-19-9-5-4-6-10-19/h4-12,17,34H,3,13-16H2,1-2H3,(H,29,33,35)/b24-17-. The van der Waals surface area contributed by atoms with Crippen LogP contribution in [0.15, 0.2) is 74.9 Å². The molecule has 8 heteroatoms. The van der Waals surface area contributed by atoms with E-state index in [1.807, 2.05) is 61.5 Å². The molecule has 1 aromatic heterocycles. The quantitative estimate of drug-likeness (QED) is 0.519. The first kappa shape index (κ1) is 23.9. The van der Waals surface area contributed by atoms with Crippen LogP contribution in [-0.4, -0.2) is 38.6 Å². The number of aryl methyl sites for hydroxylation is 1. The predicted octanol–water partition coefficient (Wildman–Crippen LogP) is 1.57. The Bertz CT molecular complexity index is 1520. The topological polar surface area (TPSA) is 108 Å². The minimum atomic E-state index is -0.680. The fourth-order valence-corrected chi connectivity index (χ4v) is 4.26. The molecule has 2 aromatic carbocycles. The largest absolute Gasteiger partial charge is 0.494 e. The zero-order chi connectivity index (χ0) is 24.9. The number of benzene rings is 2. The van der Waals surface area contributed by atoms with Crippen LogP contribution in [0.25, 0.3) is 11.6 Å². The van der Waals surface area contributed by atoms with Gasteiger partial charge in [0.15, 0.2) is 0 Å². The van der Waals surface area contributed by atoms with Crippen molar-refractivity contribution in [3.05, 3.63) is 103 Å². The number of aromatic amines is 1. The molecule has 0 spiro atoms. The van der Waals surface area contributed by atoms with Gasteiger partial charge < -0.3 is 10.0 Å². The normalized spacial score (nSPS) is 13.5. The van der Waals surface area contributed by atoms with Gasteiger partial charge in [0.25, 0.3) is 5.56 Å². The fourth-order valence-electron chi connectivity index (χ4n) is 4.26. The van der Waals surface area contributed by atoms with Crippen LogP contribution < -0.4 is 21.8 Å². The minimum absolute atomic E-state index is 0.0126. The fraction of sp³-hybridized carbons (Fsp3) is 0.259. The predicted molar refractivity (Wildman–Crippen MR) is 134 cm³/mol. The molecule has 0 atom stereocenters. The Labute approximate surface area is 202 Å². The summed E-state index contributed by atoms with van der Waals surface area (Å²) in [6.45, 7) is 4.76. The van der Waals surface area contributed by atoms with Crippen molar-refractivity contribution in [2.24, 2.45) is 4.99 Å². The Morgan fingerprint density at radius 3 is 2.51 bits per heavy atom. The van der Waals surface area contributed by atoms with Crippen LogP contribution in [0.1, 0.15) is 31.4 Å². The third-order valence-electron chi connectivity index (χ3n) is 6.19. The molecule has 8 nitrogen and oxygen atoms in total. The van der Waals surface area contributed by atoms with Crippen molar-refractivity contribution in [2.45, 2.75) is 33.2 Å². The van der Waals surface area contributed by atoms with Gasteiger partial charge in [-0.3, -0.25) is 19.1 Å². The van der Waals surface area contributed by atoms with Gasteiger partial charge in [0.05, 0.1) is 11.1 Å². The summed E-state index contributed by atoms with van der Waals surface area (Å²) in [7, 11) is 0. The molecule has 35 heavy (non-hydrogen) atoms. The van der Waals surface area contributed by atoms with E-state index in [0.29, 0.717) is 31.6 Å². The SMILES string of the molecule is CCN(CCC1=c2ccccc2=N/C1=C\c1c(O)n(CCc2ccccc2)c(=O)[nH]c1=O)C(C)=O. The maximum atomic E-state index is 12.7. The van der Waals surface area contributed by atoms with Crippen molar-refractivity contribution < 1.29 is 9.90 Å². The number of fused-ring (bicyclic) bond motifs is 1. The molecule has 0 aliphatic carbocycles. The number of aromatic hydroxyl groups is 1. The number of carbonyl (C=O) groups excluding carboxylic acids is 1. The van der Waals surface area contributed by atoms with E-state index in [1.54, 1.807) is 4.90 Å². The van der Waals surface area contributed by atoms with Crippen molar-refractivity contribution in [1.82, 2.24) is 14.5 Å². The number of nitrogens with zero attached hydrogens (tertiary/aromatic N) is 3.